The van der Waals surface area contributed by atoms with Crippen LogP contribution in [0, 0.1) is 6.07 Å². The molecule has 0 aliphatic heterocycles. The summed E-state index contributed by atoms with van der Waals surface area (Å²) in [5.74, 6) is 0. The molecule has 0 amide bonds. The first-order chi connectivity index (χ1) is 5.36. The third-order valence-electron chi connectivity index (χ3n) is 1.69. The molecule has 2 aromatic rings. The number of rotatable bonds is 0. The molecule has 12 heavy (non-hydrogen) atoms. The Hall–Kier alpha value is -0.500. The molecule has 2 rings (SSSR count). The van der Waals surface area contributed by atoms with Crippen LogP contribution in [0.2, 0.25) is 0 Å². The molecule has 2 heteroatoms. The molecule has 0 fully saturated rings. The second-order valence-electron chi connectivity index (χ2n) is 2.52. The molecule has 0 aromatic heterocycles. The molecule has 1 nitrogen and oxygen atoms in total. The third kappa shape index (κ3) is 1.81. The summed E-state index contributed by atoms with van der Waals surface area (Å²) in [6.45, 7) is 0. The molecule has 0 bridgehead atoms. The van der Waals surface area contributed by atoms with Crippen molar-refractivity contribution in [2.24, 2.45) is 0 Å². The number of anilines is 1. The SMILES string of the molecule is Nc1ccc2ccc[c-]c2c1.[Na+]. The summed E-state index contributed by atoms with van der Waals surface area (Å²) in [6.07, 6.45) is 0. The molecule has 2 aromatic carbocycles. The van der Waals surface area contributed by atoms with Gasteiger partial charge in [0.2, 0.25) is 0 Å². The van der Waals surface area contributed by atoms with E-state index in [-0.39, 0.29) is 29.6 Å². The van der Waals surface area contributed by atoms with Gasteiger partial charge in [0.1, 0.15) is 0 Å². The van der Waals surface area contributed by atoms with Crippen molar-refractivity contribution in [2.45, 2.75) is 0 Å². The van der Waals surface area contributed by atoms with Crippen LogP contribution < -0.4 is 35.3 Å². The maximum Gasteiger partial charge on any atom is 1.00 e. The van der Waals surface area contributed by atoms with E-state index in [1.54, 1.807) is 0 Å². The van der Waals surface area contributed by atoms with E-state index in [0.29, 0.717) is 0 Å². The van der Waals surface area contributed by atoms with E-state index in [9.17, 15) is 0 Å². The minimum Gasteiger partial charge on any atom is -0.406 e. The summed E-state index contributed by atoms with van der Waals surface area (Å²) in [6, 6.07) is 14.8. The molecule has 2 N–H and O–H groups in total. The Morgan fingerprint density at radius 1 is 1.17 bits per heavy atom. The molecule has 0 radical (unpaired) electrons. The van der Waals surface area contributed by atoms with Crippen molar-refractivity contribution in [3.8, 4) is 0 Å². The van der Waals surface area contributed by atoms with Gasteiger partial charge in [-0.25, -0.2) is 0 Å². The number of nitrogens with two attached hydrogens (primary N) is 1. The van der Waals surface area contributed by atoms with Gasteiger partial charge in [-0.1, -0.05) is 12.1 Å². The van der Waals surface area contributed by atoms with E-state index < -0.39 is 0 Å². The van der Waals surface area contributed by atoms with Gasteiger partial charge in [0.15, 0.2) is 0 Å². The van der Waals surface area contributed by atoms with Gasteiger partial charge < -0.3 is 5.73 Å². The Morgan fingerprint density at radius 2 is 2.00 bits per heavy atom. The zero-order valence-electron chi connectivity index (χ0n) is 7.04. The van der Waals surface area contributed by atoms with Gasteiger partial charge in [0.25, 0.3) is 0 Å². The zero-order valence-corrected chi connectivity index (χ0v) is 9.04. The molecule has 0 saturated carbocycles. The number of hydrogen-bond acceptors (Lipinski definition) is 1. The van der Waals surface area contributed by atoms with Gasteiger partial charge in [-0.15, -0.1) is 41.1 Å². The topological polar surface area (TPSA) is 26.0 Å². The van der Waals surface area contributed by atoms with Gasteiger partial charge in [-0.3, -0.25) is 0 Å². The second-order valence-corrected chi connectivity index (χ2v) is 2.52. The summed E-state index contributed by atoms with van der Waals surface area (Å²) >= 11 is 0. The predicted molar refractivity (Wildman–Crippen MR) is 47.2 cm³/mol. The quantitative estimate of drug-likeness (QED) is 0.309. The van der Waals surface area contributed by atoms with E-state index >= 15 is 0 Å². The molecule has 0 aliphatic rings. The molecule has 0 aliphatic carbocycles. The van der Waals surface area contributed by atoms with Crippen molar-refractivity contribution >= 4 is 16.5 Å². The fraction of sp³-hybridized carbons (Fsp3) is 0. The summed E-state index contributed by atoms with van der Waals surface area (Å²) in [4.78, 5) is 0. The normalized spacial score (nSPS) is 9.33. The van der Waals surface area contributed by atoms with Crippen LogP contribution in [-0.2, 0) is 0 Å². The van der Waals surface area contributed by atoms with E-state index in [2.05, 4.69) is 6.07 Å². The Morgan fingerprint density at radius 3 is 2.83 bits per heavy atom. The third-order valence-corrected chi connectivity index (χ3v) is 1.69. The molecule has 0 atom stereocenters. The number of benzene rings is 2. The first-order valence-electron chi connectivity index (χ1n) is 3.52. The molecular weight excluding hydrogens is 157 g/mol. The predicted octanol–water partition coefficient (Wildman–Crippen LogP) is -0.774. The Kier molecular flexibility index (Phi) is 3.15. The molecule has 0 spiro atoms. The molecule has 0 unspecified atom stereocenters. The number of hydrogen-bond donors (Lipinski definition) is 1. The summed E-state index contributed by atoms with van der Waals surface area (Å²) in [5, 5.41) is 2.26. The second kappa shape index (κ2) is 3.94. The maximum absolute atomic E-state index is 5.60. The van der Waals surface area contributed by atoms with Crippen molar-refractivity contribution in [1.82, 2.24) is 0 Å². The van der Waals surface area contributed by atoms with Crippen molar-refractivity contribution in [3.05, 3.63) is 42.5 Å². The van der Waals surface area contributed by atoms with E-state index in [0.717, 1.165) is 11.1 Å². The summed E-state index contributed by atoms with van der Waals surface area (Å²) in [5.41, 5.74) is 6.40. The van der Waals surface area contributed by atoms with Gasteiger partial charge in [0, 0.05) is 0 Å². The Bertz CT molecular complexity index is 384. The minimum atomic E-state index is 0. The van der Waals surface area contributed by atoms with Crippen LogP contribution in [0.5, 0.6) is 0 Å². The molecule has 0 heterocycles. The fourth-order valence-electron chi connectivity index (χ4n) is 1.13. The average Bonchev–Trinajstić information content (AvgIpc) is 2.04. The molecule has 54 valence electrons. The number of nitrogen functional groups attached to an aromatic ring is 1. The van der Waals surface area contributed by atoms with Crippen LogP contribution in [0.3, 0.4) is 0 Å². The average molecular weight is 165 g/mol. The Labute approximate surface area is 93.9 Å². The van der Waals surface area contributed by atoms with Crippen LogP contribution in [0.15, 0.2) is 36.4 Å². The minimum absolute atomic E-state index is 0. The molecule has 0 saturated heterocycles. The monoisotopic (exact) mass is 165 g/mol. The van der Waals surface area contributed by atoms with Crippen LogP contribution in [0.1, 0.15) is 0 Å². The fourth-order valence-corrected chi connectivity index (χ4v) is 1.13. The molecular formula is C10H8NNa. The van der Waals surface area contributed by atoms with Crippen LogP contribution >= 0.6 is 0 Å². The van der Waals surface area contributed by atoms with E-state index in [1.807, 2.05) is 36.4 Å². The van der Waals surface area contributed by atoms with Crippen molar-refractivity contribution in [3.63, 3.8) is 0 Å². The first kappa shape index (κ1) is 9.59. The zero-order chi connectivity index (χ0) is 7.68. The van der Waals surface area contributed by atoms with Gasteiger partial charge in [-0.2, -0.15) is 0 Å². The number of fused-ring (bicyclic) bond motifs is 1. The standard InChI is InChI=1S/C10H8N.Na/c11-10-6-5-8-3-1-2-4-9(8)7-10;/h1-3,5-7H,11H2;/q-1;+1. The van der Waals surface area contributed by atoms with Crippen molar-refractivity contribution in [2.75, 3.05) is 5.73 Å². The van der Waals surface area contributed by atoms with Crippen molar-refractivity contribution in [1.29, 1.82) is 0 Å². The van der Waals surface area contributed by atoms with E-state index in [1.165, 1.54) is 5.39 Å². The smallest absolute Gasteiger partial charge is 0.406 e. The summed E-state index contributed by atoms with van der Waals surface area (Å²) in [7, 11) is 0. The van der Waals surface area contributed by atoms with Crippen molar-refractivity contribution < 1.29 is 29.6 Å². The maximum atomic E-state index is 5.60. The van der Waals surface area contributed by atoms with Gasteiger partial charge >= 0.3 is 29.6 Å². The van der Waals surface area contributed by atoms with E-state index in [4.69, 9.17) is 5.73 Å². The van der Waals surface area contributed by atoms with Crippen LogP contribution in [-0.4, -0.2) is 0 Å². The van der Waals surface area contributed by atoms with Crippen LogP contribution in [0.25, 0.3) is 10.8 Å². The largest absolute Gasteiger partial charge is 1.00 e. The van der Waals surface area contributed by atoms with Crippen LogP contribution in [0.4, 0.5) is 5.69 Å². The first-order valence-corrected chi connectivity index (χ1v) is 3.52. The summed E-state index contributed by atoms with van der Waals surface area (Å²) < 4.78 is 0. The van der Waals surface area contributed by atoms with Gasteiger partial charge in [0.05, 0.1) is 0 Å². The van der Waals surface area contributed by atoms with Gasteiger partial charge in [-0.05, 0) is 5.69 Å². The Balaban J connectivity index is 0.000000720.